The van der Waals surface area contributed by atoms with Crippen LogP contribution in [0.3, 0.4) is 0 Å². The number of para-hydroxylation sites is 6. The Hall–Kier alpha value is -7.31. The van der Waals surface area contributed by atoms with E-state index in [2.05, 4.69) is 214 Å². The van der Waals surface area contributed by atoms with Crippen molar-refractivity contribution in [2.24, 2.45) is 0 Å². The number of anilines is 3. The lowest BCUT2D eigenvalue weighted by Gasteiger charge is -2.45. The van der Waals surface area contributed by atoms with Crippen molar-refractivity contribution >= 4 is 89.8 Å². The number of nitrogens with zero attached hydrogens (tertiary/aromatic N) is 5. The third kappa shape index (κ3) is 4.03. The van der Waals surface area contributed by atoms with E-state index in [4.69, 9.17) is 4.98 Å². The van der Waals surface area contributed by atoms with E-state index >= 15 is 0 Å². The van der Waals surface area contributed by atoms with Crippen molar-refractivity contribution in [3.63, 3.8) is 0 Å². The standard InChI is InChI=1S/C52H36BN5/c1-52(2)38-24-16-28-45-48(38)53(41-31-37-36-23-12-13-25-42(36)55(47(37)32-39(41)52)33-17-6-3-7-18-33)40-29-30-46-49(50(40)56(45)34-19-8-4-9-20-34)54-51-57(35-21-10-5-11-22-35)43-26-14-15-27-44(43)58(46)51/h3-32H,1-2H3. The molecule has 0 fully saturated rings. The maximum Gasteiger partial charge on any atom is 0.247 e. The molecule has 2 aliphatic rings. The average molecular weight is 742 g/mol. The lowest BCUT2D eigenvalue weighted by Crippen LogP contribution is -2.64. The second-order valence-corrected chi connectivity index (χ2v) is 16.4. The molecule has 11 aromatic rings. The van der Waals surface area contributed by atoms with E-state index in [1.165, 1.54) is 60.7 Å². The number of imidazole rings is 2. The maximum atomic E-state index is 5.69. The van der Waals surface area contributed by atoms with E-state index in [0.29, 0.717) is 0 Å². The van der Waals surface area contributed by atoms with Crippen LogP contribution >= 0.6 is 0 Å². The fourth-order valence-corrected chi connectivity index (χ4v) is 10.6. The Morgan fingerprint density at radius 2 is 1.10 bits per heavy atom. The minimum absolute atomic E-state index is 0.00544. The fourth-order valence-electron chi connectivity index (χ4n) is 10.6. The monoisotopic (exact) mass is 741 g/mol. The minimum atomic E-state index is -0.261. The van der Waals surface area contributed by atoms with E-state index < -0.39 is 0 Å². The first kappa shape index (κ1) is 31.9. The molecule has 0 amide bonds. The van der Waals surface area contributed by atoms with Gasteiger partial charge in [-0.1, -0.05) is 129 Å². The molecule has 3 aromatic heterocycles. The highest BCUT2D eigenvalue weighted by atomic mass is 15.2. The summed E-state index contributed by atoms with van der Waals surface area (Å²) in [4.78, 5) is 8.19. The van der Waals surface area contributed by atoms with Crippen LogP contribution in [0, 0.1) is 0 Å². The molecule has 13 rings (SSSR count). The second kappa shape index (κ2) is 11.4. The summed E-state index contributed by atoms with van der Waals surface area (Å²) in [5.41, 5.74) is 19.1. The van der Waals surface area contributed by atoms with Crippen molar-refractivity contribution in [1.29, 1.82) is 0 Å². The van der Waals surface area contributed by atoms with E-state index in [1.807, 2.05) is 0 Å². The Balaban J connectivity index is 1.17. The molecular formula is C52H36BN5. The molecule has 272 valence electrons. The van der Waals surface area contributed by atoms with Gasteiger partial charge in [0.15, 0.2) is 0 Å². The molecule has 0 bridgehead atoms. The van der Waals surface area contributed by atoms with Crippen LogP contribution in [0.5, 0.6) is 0 Å². The summed E-state index contributed by atoms with van der Waals surface area (Å²) < 4.78 is 7.11. The molecule has 0 aliphatic carbocycles. The molecular weight excluding hydrogens is 705 g/mol. The molecule has 6 heteroatoms. The van der Waals surface area contributed by atoms with E-state index in [-0.39, 0.29) is 12.1 Å². The first-order valence-electron chi connectivity index (χ1n) is 20.2. The van der Waals surface area contributed by atoms with Crippen LogP contribution in [-0.4, -0.2) is 25.2 Å². The van der Waals surface area contributed by atoms with Gasteiger partial charge in [-0.2, -0.15) is 0 Å². The average Bonchev–Trinajstić information content (AvgIpc) is 3.92. The molecule has 5 heterocycles. The van der Waals surface area contributed by atoms with Gasteiger partial charge in [-0.25, -0.2) is 4.98 Å². The molecule has 58 heavy (non-hydrogen) atoms. The number of rotatable bonds is 3. The summed E-state index contributed by atoms with van der Waals surface area (Å²) in [7, 11) is 0. The highest BCUT2D eigenvalue weighted by Crippen LogP contribution is 2.46. The summed E-state index contributed by atoms with van der Waals surface area (Å²) in [5.74, 6) is 0.906. The Morgan fingerprint density at radius 1 is 0.466 bits per heavy atom. The molecule has 0 atom stereocenters. The van der Waals surface area contributed by atoms with Gasteiger partial charge in [0.05, 0.1) is 33.3 Å². The highest BCUT2D eigenvalue weighted by Gasteiger charge is 2.47. The van der Waals surface area contributed by atoms with Crippen molar-refractivity contribution < 1.29 is 0 Å². The van der Waals surface area contributed by atoms with Gasteiger partial charge in [-0.05, 0) is 94.8 Å². The largest absolute Gasteiger partial charge is 0.309 e. The summed E-state index contributed by atoms with van der Waals surface area (Å²) in [6.45, 7) is 4.84. The Kier molecular flexibility index (Phi) is 6.26. The molecule has 2 aliphatic heterocycles. The zero-order chi connectivity index (χ0) is 38.3. The van der Waals surface area contributed by atoms with Crippen LogP contribution < -0.4 is 21.3 Å². The molecule has 0 radical (unpaired) electrons. The summed E-state index contributed by atoms with van der Waals surface area (Å²) >= 11 is 0. The Bertz CT molecular complexity index is 3490. The van der Waals surface area contributed by atoms with Crippen LogP contribution in [0.4, 0.5) is 17.1 Å². The number of benzene rings is 8. The quantitative estimate of drug-likeness (QED) is 0.169. The van der Waals surface area contributed by atoms with Crippen molar-refractivity contribution in [1.82, 2.24) is 18.5 Å². The molecule has 5 nitrogen and oxygen atoms in total. The van der Waals surface area contributed by atoms with Gasteiger partial charge in [-0.15, -0.1) is 0 Å². The first-order valence-corrected chi connectivity index (χ1v) is 20.2. The Labute approximate surface area is 335 Å². The number of hydrogen-bond acceptors (Lipinski definition) is 2. The van der Waals surface area contributed by atoms with Gasteiger partial charge < -0.3 is 9.47 Å². The van der Waals surface area contributed by atoms with E-state index in [9.17, 15) is 0 Å². The summed E-state index contributed by atoms with van der Waals surface area (Å²) in [6.07, 6.45) is 0. The molecule has 0 N–H and O–H groups in total. The van der Waals surface area contributed by atoms with Crippen LogP contribution in [-0.2, 0) is 5.41 Å². The third-order valence-corrected chi connectivity index (χ3v) is 13.1. The summed E-state index contributed by atoms with van der Waals surface area (Å²) in [6, 6.07) is 66.6. The van der Waals surface area contributed by atoms with Crippen molar-refractivity contribution in [3.05, 3.63) is 193 Å². The number of fused-ring (bicyclic) bond motifs is 13. The molecule has 0 spiro atoms. The van der Waals surface area contributed by atoms with Gasteiger partial charge in [-0.3, -0.25) is 8.97 Å². The van der Waals surface area contributed by atoms with Gasteiger partial charge in [0, 0.05) is 38.9 Å². The maximum absolute atomic E-state index is 5.69. The zero-order valence-electron chi connectivity index (χ0n) is 32.1. The number of hydrogen-bond donors (Lipinski definition) is 0. The SMILES string of the molecule is CC1(C)c2cc3c(cc2B2c4ccc5c(nc6n(-c7ccccc7)c7ccccc7n56)c4N(c4ccccc4)c4cccc1c42)c1ccccc1n3-c1ccccc1. The van der Waals surface area contributed by atoms with Gasteiger partial charge in [0.1, 0.15) is 5.52 Å². The molecule has 0 saturated carbocycles. The van der Waals surface area contributed by atoms with Crippen LogP contribution in [0.2, 0.25) is 0 Å². The van der Waals surface area contributed by atoms with Crippen molar-refractivity contribution in [3.8, 4) is 11.4 Å². The third-order valence-electron chi connectivity index (χ3n) is 13.1. The zero-order valence-corrected chi connectivity index (χ0v) is 32.1. The molecule has 0 saturated heterocycles. The predicted octanol–water partition coefficient (Wildman–Crippen LogP) is 10.5. The number of aromatic nitrogens is 4. The van der Waals surface area contributed by atoms with Crippen LogP contribution in [0.1, 0.15) is 25.0 Å². The fraction of sp³-hybridized carbons (Fsp3) is 0.0577. The van der Waals surface area contributed by atoms with Crippen LogP contribution in [0.15, 0.2) is 182 Å². The Morgan fingerprint density at radius 3 is 1.84 bits per heavy atom. The predicted molar refractivity (Wildman–Crippen MR) is 242 cm³/mol. The lowest BCUT2D eigenvalue weighted by atomic mass is 9.30. The molecule has 8 aromatic carbocycles. The highest BCUT2D eigenvalue weighted by molar-refractivity contribution is 6.99. The van der Waals surface area contributed by atoms with Gasteiger partial charge >= 0.3 is 0 Å². The van der Waals surface area contributed by atoms with Gasteiger partial charge in [0.2, 0.25) is 12.5 Å². The smallest absolute Gasteiger partial charge is 0.247 e. The van der Waals surface area contributed by atoms with Gasteiger partial charge in [0.25, 0.3) is 0 Å². The minimum Gasteiger partial charge on any atom is -0.309 e. The first-order chi connectivity index (χ1) is 28.6. The van der Waals surface area contributed by atoms with E-state index in [1.54, 1.807) is 0 Å². The van der Waals surface area contributed by atoms with Crippen LogP contribution in [0.25, 0.3) is 61.0 Å². The summed E-state index contributed by atoms with van der Waals surface area (Å²) in [5, 5.41) is 2.54. The second-order valence-electron chi connectivity index (χ2n) is 16.4. The lowest BCUT2D eigenvalue weighted by molar-refractivity contribution is 0.646. The molecule has 0 unspecified atom stereocenters. The van der Waals surface area contributed by atoms with Crippen molar-refractivity contribution in [2.45, 2.75) is 19.3 Å². The topological polar surface area (TPSA) is 30.4 Å². The van der Waals surface area contributed by atoms with Crippen molar-refractivity contribution in [2.75, 3.05) is 4.90 Å². The normalized spacial score (nSPS) is 14.1. The van der Waals surface area contributed by atoms with E-state index in [0.717, 1.165) is 44.9 Å².